The lowest BCUT2D eigenvalue weighted by molar-refractivity contribution is 0.207. The van der Waals surface area contributed by atoms with Crippen LogP contribution in [-0.2, 0) is 11.1 Å². The minimum Gasteiger partial charge on any atom is -0.362 e. The molecule has 2 heteroatoms. The van der Waals surface area contributed by atoms with E-state index in [1.54, 1.807) is 0 Å². The zero-order chi connectivity index (χ0) is 20.5. The Kier molecular flexibility index (Phi) is 3.33. The van der Waals surface area contributed by atoms with E-state index in [2.05, 4.69) is 120 Å². The van der Waals surface area contributed by atoms with Crippen LogP contribution in [0.1, 0.15) is 40.2 Å². The number of allylic oxidation sites excluding steroid dienone is 3. The molecule has 1 saturated carbocycles. The van der Waals surface area contributed by atoms with Gasteiger partial charge in [-0.2, -0.15) is 0 Å². The lowest BCUT2D eigenvalue weighted by Gasteiger charge is -2.44. The van der Waals surface area contributed by atoms with Gasteiger partial charge in [0.2, 0.25) is 0 Å². The van der Waals surface area contributed by atoms with Crippen molar-refractivity contribution in [1.82, 2.24) is 10.2 Å². The third-order valence-electron chi connectivity index (χ3n) is 7.68. The van der Waals surface area contributed by atoms with Crippen molar-refractivity contribution < 1.29 is 0 Å². The SMILES string of the molecule is C1=CCN2C(=C1)c1ccccc1[C@@]21N/C=C\C2(c3ccccc3)C[C@H]2c2ccccc21. The second-order valence-corrected chi connectivity index (χ2v) is 9.07. The fourth-order valence-corrected chi connectivity index (χ4v) is 6.21. The molecule has 0 aromatic heterocycles. The predicted octanol–water partition coefficient (Wildman–Crippen LogP) is 5.66. The van der Waals surface area contributed by atoms with Crippen LogP contribution < -0.4 is 5.32 Å². The maximum atomic E-state index is 3.93. The monoisotopic (exact) mass is 400 g/mol. The first kappa shape index (κ1) is 17.2. The number of nitrogens with one attached hydrogen (secondary N) is 1. The highest BCUT2D eigenvalue weighted by atomic mass is 15.3. The number of rotatable bonds is 1. The van der Waals surface area contributed by atoms with Crippen molar-refractivity contribution in [2.45, 2.75) is 23.4 Å². The first-order valence-electron chi connectivity index (χ1n) is 11.2. The quantitative estimate of drug-likeness (QED) is 0.567. The summed E-state index contributed by atoms with van der Waals surface area (Å²) in [6.07, 6.45) is 12.5. The number of hydrogen-bond acceptors (Lipinski definition) is 2. The Morgan fingerprint density at radius 2 is 1.61 bits per heavy atom. The van der Waals surface area contributed by atoms with Gasteiger partial charge in [0.25, 0.3) is 0 Å². The largest absolute Gasteiger partial charge is 0.362 e. The van der Waals surface area contributed by atoms with E-state index in [-0.39, 0.29) is 11.1 Å². The van der Waals surface area contributed by atoms with E-state index in [1.807, 2.05) is 0 Å². The van der Waals surface area contributed by atoms with E-state index in [1.165, 1.54) is 33.5 Å². The van der Waals surface area contributed by atoms with Crippen LogP contribution in [-0.4, -0.2) is 11.4 Å². The number of fused-ring (bicyclic) bond motifs is 9. The highest BCUT2D eigenvalue weighted by Gasteiger charge is 2.58. The smallest absolute Gasteiger partial charge is 0.164 e. The van der Waals surface area contributed by atoms with Crippen molar-refractivity contribution in [3.05, 3.63) is 137 Å². The Bertz CT molecular complexity index is 1280. The van der Waals surface area contributed by atoms with Crippen LogP contribution in [0.4, 0.5) is 0 Å². The molecule has 3 heterocycles. The first-order chi connectivity index (χ1) is 15.3. The molecule has 0 radical (unpaired) electrons. The normalized spacial score (nSPS) is 30.1. The third-order valence-corrected chi connectivity index (χ3v) is 7.68. The average Bonchev–Trinajstić information content (AvgIpc) is 3.49. The molecule has 31 heavy (non-hydrogen) atoms. The second kappa shape index (κ2) is 6.01. The van der Waals surface area contributed by atoms with Crippen LogP contribution in [0.5, 0.6) is 0 Å². The van der Waals surface area contributed by atoms with Crippen LogP contribution in [0.25, 0.3) is 5.70 Å². The van der Waals surface area contributed by atoms with Crippen molar-refractivity contribution in [2.24, 2.45) is 0 Å². The summed E-state index contributed by atoms with van der Waals surface area (Å²) < 4.78 is 0. The maximum Gasteiger partial charge on any atom is 0.164 e. The number of nitrogens with zero attached hydrogens (tertiary/aromatic N) is 1. The van der Waals surface area contributed by atoms with Gasteiger partial charge in [0.1, 0.15) is 0 Å². The van der Waals surface area contributed by atoms with E-state index in [9.17, 15) is 0 Å². The zero-order valence-corrected chi connectivity index (χ0v) is 17.3. The van der Waals surface area contributed by atoms with Crippen molar-refractivity contribution in [3.63, 3.8) is 0 Å². The fraction of sp³-hybridized carbons (Fsp3) is 0.172. The summed E-state index contributed by atoms with van der Waals surface area (Å²) in [6, 6.07) is 29.0. The summed E-state index contributed by atoms with van der Waals surface area (Å²) in [6.45, 7) is 0.893. The Morgan fingerprint density at radius 3 is 2.52 bits per heavy atom. The minimum atomic E-state index is -0.383. The van der Waals surface area contributed by atoms with Crippen molar-refractivity contribution >= 4 is 5.70 Å². The maximum absolute atomic E-state index is 3.93. The minimum absolute atomic E-state index is 0.0879. The van der Waals surface area contributed by atoms with Crippen LogP contribution >= 0.6 is 0 Å². The van der Waals surface area contributed by atoms with Crippen LogP contribution in [0.3, 0.4) is 0 Å². The highest BCUT2D eigenvalue weighted by molar-refractivity contribution is 5.78. The lowest BCUT2D eigenvalue weighted by Crippen LogP contribution is -2.52. The lowest BCUT2D eigenvalue weighted by atomic mass is 9.81. The Morgan fingerprint density at radius 1 is 0.839 bits per heavy atom. The molecule has 3 aliphatic heterocycles. The molecule has 0 saturated heterocycles. The molecule has 3 atom stereocenters. The molecule has 4 aliphatic rings. The molecular weight excluding hydrogens is 376 g/mol. The summed E-state index contributed by atoms with van der Waals surface area (Å²) in [5, 5.41) is 3.93. The topological polar surface area (TPSA) is 15.3 Å². The van der Waals surface area contributed by atoms with Crippen LogP contribution in [0.15, 0.2) is 109 Å². The van der Waals surface area contributed by atoms with Crippen molar-refractivity contribution in [2.75, 3.05) is 6.54 Å². The summed E-state index contributed by atoms with van der Waals surface area (Å²) >= 11 is 0. The Balaban J connectivity index is 1.48. The average molecular weight is 401 g/mol. The molecule has 150 valence electrons. The van der Waals surface area contributed by atoms with E-state index in [0.717, 1.165) is 13.0 Å². The fourth-order valence-electron chi connectivity index (χ4n) is 6.21. The van der Waals surface area contributed by atoms with Gasteiger partial charge < -0.3 is 10.2 Å². The summed E-state index contributed by atoms with van der Waals surface area (Å²) in [5.74, 6) is 0.502. The molecule has 1 spiro atoms. The van der Waals surface area contributed by atoms with Gasteiger partial charge in [-0.05, 0) is 35.7 Å². The summed E-state index contributed by atoms with van der Waals surface area (Å²) in [7, 11) is 0. The Labute approximate surface area is 183 Å². The van der Waals surface area contributed by atoms with Crippen molar-refractivity contribution in [3.8, 4) is 0 Å². The van der Waals surface area contributed by atoms with E-state index >= 15 is 0 Å². The van der Waals surface area contributed by atoms with Gasteiger partial charge in [-0.1, -0.05) is 97.1 Å². The van der Waals surface area contributed by atoms with Crippen LogP contribution in [0, 0.1) is 0 Å². The van der Waals surface area contributed by atoms with Crippen molar-refractivity contribution in [1.29, 1.82) is 0 Å². The molecule has 1 N–H and O–H groups in total. The molecule has 2 nitrogen and oxygen atoms in total. The van der Waals surface area contributed by atoms with Gasteiger partial charge in [0, 0.05) is 34.3 Å². The van der Waals surface area contributed by atoms with E-state index in [0.29, 0.717) is 5.92 Å². The predicted molar refractivity (Wildman–Crippen MR) is 125 cm³/mol. The second-order valence-electron chi connectivity index (χ2n) is 9.07. The molecule has 0 amide bonds. The zero-order valence-electron chi connectivity index (χ0n) is 17.3. The third kappa shape index (κ3) is 2.12. The Hall–Kier alpha value is -3.52. The number of benzene rings is 3. The first-order valence-corrected chi connectivity index (χ1v) is 11.2. The van der Waals surface area contributed by atoms with Gasteiger partial charge in [0.15, 0.2) is 5.66 Å². The molecule has 0 bridgehead atoms. The molecule has 1 aliphatic carbocycles. The van der Waals surface area contributed by atoms with E-state index < -0.39 is 0 Å². The molecular formula is C29H24N2. The van der Waals surface area contributed by atoms with Gasteiger partial charge in [0.05, 0.1) is 0 Å². The van der Waals surface area contributed by atoms with E-state index in [4.69, 9.17) is 0 Å². The standard InChI is InChI=1S/C29H24N2/c1-2-10-21(11-3-1)28-17-18-30-29(24-14-6-4-12-22(24)26(28)20-28)25-15-7-5-13-23(25)27-16-8-9-19-31(27)29/h1-18,26,30H,19-20H2/b18-17-/t26-,28?,29-/m0/s1. The van der Waals surface area contributed by atoms with Gasteiger partial charge >= 0.3 is 0 Å². The van der Waals surface area contributed by atoms with Gasteiger partial charge in [-0.3, -0.25) is 0 Å². The molecule has 7 rings (SSSR count). The van der Waals surface area contributed by atoms with Gasteiger partial charge in [-0.15, -0.1) is 0 Å². The summed E-state index contributed by atoms with van der Waals surface area (Å²) in [5.41, 5.74) is 7.94. The highest BCUT2D eigenvalue weighted by Crippen LogP contribution is 2.64. The summed E-state index contributed by atoms with van der Waals surface area (Å²) in [4.78, 5) is 2.54. The van der Waals surface area contributed by atoms with Crippen LogP contribution in [0.2, 0.25) is 0 Å². The molecule has 3 aromatic carbocycles. The molecule has 1 unspecified atom stereocenters. The van der Waals surface area contributed by atoms with Gasteiger partial charge in [-0.25, -0.2) is 0 Å². The number of hydrogen-bond donors (Lipinski definition) is 1. The molecule has 1 fully saturated rings. The molecule has 3 aromatic rings.